The molecule has 39 heavy (non-hydrogen) atoms. The van der Waals surface area contributed by atoms with Crippen molar-refractivity contribution in [3.8, 4) is 0 Å². The number of nitro groups is 1. The zero-order valence-electron chi connectivity index (χ0n) is 21.9. The predicted molar refractivity (Wildman–Crippen MR) is 152 cm³/mol. The second-order valence-corrected chi connectivity index (χ2v) is 12.4. The molecule has 202 valence electrons. The van der Waals surface area contributed by atoms with E-state index in [1.807, 2.05) is 29.2 Å². The van der Waals surface area contributed by atoms with Crippen molar-refractivity contribution in [1.29, 1.82) is 0 Å². The van der Waals surface area contributed by atoms with Crippen molar-refractivity contribution in [2.45, 2.75) is 32.7 Å². The lowest BCUT2D eigenvalue weighted by atomic mass is 10.0. The van der Waals surface area contributed by atoms with E-state index in [1.165, 1.54) is 6.07 Å². The fraction of sp³-hybridized carbons (Fsp3) is 0.414. The SMILES string of the molecule is CC1(C)C2CN(C(=O)c3cc(Br)cc([N+](=O)[O-])c3N[C@@H]3CCCN(C(=O)c4cncc5ccccc45)C3)CC21. The van der Waals surface area contributed by atoms with Crippen LogP contribution in [0.25, 0.3) is 10.8 Å². The molecule has 3 fully saturated rings. The Morgan fingerprint density at radius 2 is 1.77 bits per heavy atom. The van der Waals surface area contributed by atoms with Crippen molar-refractivity contribution in [2.24, 2.45) is 17.3 Å². The molecule has 1 aromatic heterocycles. The van der Waals surface area contributed by atoms with E-state index in [-0.39, 0.29) is 40.2 Å². The summed E-state index contributed by atoms with van der Waals surface area (Å²) in [4.78, 5) is 46.7. The smallest absolute Gasteiger partial charge is 0.294 e. The minimum atomic E-state index is -0.456. The second kappa shape index (κ2) is 9.59. The van der Waals surface area contributed by atoms with E-state index < -0.39 is 4.92 Å². The average Bonchev–Trinajstić information content (AvgIpc) is 3.24. The van der Waals surface area contributed by atoms with Gasteiger partial charge in [-0.3, -0.25) is 24.7 Å². The van der Waals surface area contributed by atoms with Gasteiger partial charge in [-0.1, -0.05) is 54.0 Å². The molecule has 6 rings (SSSR count). The molecule has 9 nitrogen and oxygen atoms in total. The van der Waals surface area contributed by atoms with Gasteiger partial charge in [0.05, 0.1) is 16.1 Å². The molecule has 0 radical (unpaired) electrons. The Morgan fingerprint density at radius 3 is 2.51 bits per heavy atom. The molecule has 1 saturated carbocycles. The Balaban J connectivity index is 1.26. The maximum Gasteiger partial charge on any atom is 0.294 e. The molecule has 3 aliphatic rings. The number of anilines is 1. The molecule has 3 aromatic rings. The number of rotatable bonds is 5. The molecule has 0 spiro atoms. The van der Waals surface area contributed by atoms with Crippen molar-refractivity contribution in [1.82, 2.24) is 14.8 Å². The number of aromatic nitrogens is 1. The Labute approximate surface area is 234 Å². The minimum absolute atomic E-state index is 0.119. The van der Waals surface area contributed by atoms with Crippen LogP contribution in [0.15, 0.2) is 53.3 Å². The normalized spacial score (nSPS) is 23.4. The van der Waals surface area contributed by atoms with Gasteiger partial charge in [0.15, 0.2) is 0 Å². The van der Waals surface area contributed by atoms with E-state index in [0.717, 1.165) is 23.6 Å². The first-order valence-electron chi connectivity index (χ1n) is 13.3. The molecule has 2 aromatic carbocycles. The molecule has 1 N–H and O–H groups in total. The summed E-state index contributed by atoms with van der Waals surface area (Å²) in [5.41, 5.74) is 1.14. The van der Waals surface area contributed by atoms with Gasteiger partial charge in [0.1, 0.15) is 5.69 Å². The highest BCUT2D eigenvalue weighted by molar-refractivity contribution is 9.10. The van der Waals surface area contributed by atoms with E-state index in [9.17, 15) is 19.7 Å². The van der Waals surface area contributed by atoms with Gasteiger partial charge < -0.3 is 15.1 Å². The minimum Gasteiger partial charge on any atom is -0.374 e. The van der Waals surface area contributed by atoms with Gasteiger partial charge in [0.2, 0.25) is 0 Å². The van der Waals surface area contributed by atoms with E-state index >= 15 is 0 Å². The van der Waals surface area contributed by atoms with Crippen LogP contribution in [0.5, 0.6) is 0 Å². The molecular formula is C29H30BrN5O4. The molecule has 1 aliphatic carbocycles. The Bertz CT molecular complexity index is 1490. The molecule has 2 amide bonds. The lowest BCUT2D eigenvalue weighted by Crippen LogP contribution is -2.45. The Hall–Kier alpha value is -3.53. The first-order chi connectivity index (χ1) is 18.6. The highest BCUT2D eigenvalue weighted by atomic mass is 79.9. The summed E-state index contributed by atoms with van der Waals surface area (Å²) < 4.78 is 0.483. The van der Waals surface area contributed by atoms with Crippen molar-refractivity contribution >= 4 is 49.9 Å². The van der Waals surface area contributed by atoms with Crippen molar-refractivity contribution in [2.75, 3.05) is 31.5 Å². The average molecular weight is 592 g/mol. The number of nitrogens with one attached hydrogen (secondary N) is 1. The number of hydrogen-bond acceptors (Lipinski definition) is 6. The Kier molecular flexibility index (Phi) is 6.32. The van der Waals surface area contributed by atoms with Crippen molar-refractivity contribution in [3.05, 3.63) is 74.5 Å². The highest BCUT2D eigenvalue weighted by Crippen LogP contribution is 2.62. The number of halogens is 1. The summed E-state index contributed by atoms with van der Waals surface area (Å²) in [7, 11) is 0. The fourth-order valence-electron chi connectivity index (χ4n) is 6.47. The van der Waals surface area contributed by atoms with Crippen molar-refractivity contribution < 1.29 is 14.5 Å². The molecular weight excluding hydrogens is 562 g/mol. The van der Waals surface area contributed by atoms with Gasteiger partial charge in [-0.15, -0.1) is 0 Å². The highest BCUT2D eigenvalue weighted by Gasteiger charge is 2.62. The standard InChI is InChI=1S/C29H30BrN5O4/c1-29(2)23-15-34(16-24(23)29)27(36)21-10-18(30)11-25(35(38)39)26(21)32-19-7-5-9-33(14-19)28(37)22-13-31-12-17-6-3-4-8-20(17)22/h3-4,6,8,10-13,19,23-24,32H,5,7,9,14-16H2,1-2H3/t19-,23?,24?/m1/s1. The lowest BCUT2D eigenvalue weighted by molar-refractivity contribution is -0.384. The molecule has 3 heterocycles. The summed E-state index contributed by atoms with van der Waals surface area (Å²) in [6, 6.07) is 10.5. The van der Waals surface area contributed by atoms with Crippen LogP contribution in [-0.4, -0.2) is 63.7 Å². The molecule has 2 saturated heterocycles. The number of amides is 2. The number of nitro benzene ring substituents is 1. The molecule has 2 aliphatic heterocycles. The number of hydrogen-bond donors (Lipinski definition) is 1. The van der Waals surface area contributed by atoms with E-state index in [0.29, 0.717) is 48.1 Å². The summed E-state index contributed by atoms with van der Waals surface area (Å²) in [5, 5.41) is 17.1. The maximum atomic E-state index is 13.7. The van der Waals surface area contributed by atoms with Crippen LogP contribution in [0.3, 0.4) is 0 Å². The predicted octanol–water partition coefficient (Wildman–Crippen LogP) is 5.35. The van der Waals surface area contributed by atoms with Crippen LogP contribution in [0.2, 0.25) is 0 Å². The number of benzene rings is 2. The van der Waals surface area contributed by atoms with Gasteiger partial charge in [-0.05, 0) is 41.5 Å². The third-order valence-electron chi connectivity index (χ3n) is 8.87. The largest absolute Gasteiger partial charge is 0.374 e. The van der Waals surface area contributed by atoms with Crippen LogP contribution in [0.1, 0.15) is 47.4 Å². The first kappa shape index (κ1) is 25.7. The first-order valence-corrected chi connectivity index (χ1v) is 14.1. The summed E-state index contributed by atoms with van der Waals surface area (Å²) in [6.07, 6.45) is 4.79. The molecule has 10 heteroatoms. The summed E-state index contributed by atoms with van der Waals surface area (Å²) in [5.74, 6) is 0.629. The van der Waals surface area contributed by atoms with Crippen LogP contribution in [0.4, 0.5) is 11.4 Å². The van der Waals surface area contributed by atoms with Gasteiger partial charge in [-0.25, -0.2) is 0 Å². The summed E-state index contributed by atoms with van der Waals surface area (Å²) in [6.45, 7) is 6.74. The van der Waals surface area contributed by atoms with Gasteiger partial charge in [0.25, 0.3) is 17.5 Å². The number of pyridine rings is 1. The number of fused-ring (bicyclic) bond motifs is 2. The number of carbonyl (C=O) groups excluding carboxylic acids is 2. The molecule has 0 bridgehead atoms. The lowest BCUT2D eigenvalue weighted by Gasteiger charge is -2.34. The third kappa shape index (κ3) is 4.54. The van der Waals surface area contributed by atoms with E-state index in [1.54, 1.807) is 23.4 Å². The number of carbonyl (C=O) groups is 2. The molecule has 2 unspecified atom stereocenters. The zero-order chi connectivity index (χ0) is 27.5. The quantitative estimate of drug-likeness (QED) is 0.316. The zero-order valence-corrected chi connectivity index (χ0v) is 23.5. The second-order valence-electron chi connectivity index (χ2n) is 11.5. The van der Waals surface area contributed by atoms with Gasteiger partial charge in [0, 0.05) is 60.5 Å². The fourth-order valence-corrected chi connectivity index (χ4v) is 6.91. The van der Waals surface area contributed by atoms with E-state index in [2.05, 4.69) is 40.1 Å². The van der Waals surface area contributed by atoms with Crippen molar-refractivity contribution in [3.63, 3.8) is 0 Å². The number of nitrogens with zero attached hydrogens (tertiary/aromatic N) is 4. The van der Waals surface area contributed by atoms with Gasteiger partial charge >= 0.3 is 0 Å². The Morgan fingerprint density at radius 1 is 1.05 bits per heavy atom. The summed E-state index contributed by atoms with van der Waals surface area (Å²) >= 11 is 3.37. The van der Waals surface area contributed by atoms with Crippen LogP contribution >= 0.6 is 15.9 Å². The maximum absolute atomic E-state index is 13.7. The molecule has 3 atom stereocenters. The number of piperidine rings is 2. The topological polar surface area (TPSA) is 109 Å². The number of likely N-dealkylation sites (tertiary alicyclic amines) is 2. The monoisotopic (exact) mass is 591 g/mol. The third-order valence-corrected chi connectivity index (χ3v) is 9.33. The van der Waals surface area contributed by atoms with Crippen LogP contribution in [-0.2, 0) is 0 Å². The van der Waals surface area contributed by atoms with Crippen LogP contribution < -0.4 is 5.32 Å². The van der Waals surface area contributed by atoms with E-state index in [4.69, 9.17) is 0 Å². The van der Waals surface area contributed by atoms with Crippen LogP contribution in [0, 0.1) is 27.4 Å². The van der Waals surface area contributed by atoms with Gasteiger partial charge in [-0.2, -0.15) is 0 Å².